The average Bonchev–Trinajstić information content (AvgIpc) is 3.10. The van der Waals surface area contributed by atoms with Gasteiger partial charge in [-0.25, -0.2) is 14.3 Å². The summed E-state index contributed by atoms with van der Waals surface area (Å²) in [5.41, 5.74) is 1.23. The van der Waals surface area contributed by atoms with Crippen LogP contribution in [0, 0.1) is 6.92 Å². The van der Waals surface area contributed by atoms with Crippen molar-refractivity contribution in [1.82, 2.24) is 19.5 Å². The number of fused-ring (bicyclic) bond motifs is 1. The van der Waals surface area contributed by atoms with E-state index in [9.17, 15) is 22.8 Å². The van der Waals surface area contributed by atoms with E-state index < -0.39 is 17.2 Å². The highest BCUT2D eigenvalue weighted by molar-refractivity contribution is 5.80. The number of ether oxygens (including phenoxy) is 1. The number of halogens is 3. The molecular weight excluding hydrogens is 437 g/mol. The lowest BCUT2D eigenvalue weighted by atomic mass is 9.77. The van der Waals surface area contributed by atoms with Crippen molar-refractivity contribution in [2.24, 2.45) is 0 Å². The zero-order valence-electron chi connectivity index (χ0n) is 18.6. The summed E-state index contributed by atoms with van der Waals surface area (Å²) in [7, 11) is 0. The van der Waals surface area contributed by atoms with E-state index in [0.717, 1.165) is 12.1 Å². The van der Waals surface area contributed by atoms with Crippen LogP contribution in [0.5, 0.6) is 0 Å². The monoisotopic (exact) mass is 462 g/mol. The van der Waals surface area contributed by atoms with Crippen LogP contribution in [0.3, 0.4) is 0 Å². The van der Waals surface area contributed by atoms with E-state index in [1.807, 2.05) is 6.92 Å². The molecule has 7 nitrogen and oxygen atoms in total. The summed E-state index contributed by atoms with van der Waals surface area (Å²) < 4.78 is 45.3. The number of hydrogen-bond donors (Lipinski definition) is 1. The van der Waals surface area contributed by atoms with Crippen LogP contribution >= 0.6 is 0 Å². The van der Waals surface area contributed by atoms with Crippen molar-refractivity contribution in [2.75, 3.05) is 19.7 Å². The first-order chi connectivity index (χ1) is 15.5. The fraction of sp³-hybridized carbons (Fsp3) is 0.435. The second-order valence-corrected chi connectivity index (χ2v) is 8.57. The Labute approximate surface area is 188 Å². The van der Waals surface area contributed by atoms with Crippen molar-refractivity contribution in [3.63, 3.8) is 0 Å². The van der Waals surface area contributed by atoms with Gasteiger partial charge < -0.3 is 9.64 Å². The fourth-order valence-corrected chi connectivity index (χ4v) is 4.28. The summed E-state index contributed by atoms with van der Waals surface area (Å²) >= 11 is 0. The summed E-state index contributed by atoms with van der Waals surface area (Å²) in [5.74, 6) is 0. The van der Waals surface area contributed by atoms with Gasteiger partial charge in [0, 0.05) is 35.8 Å². The third-order valence-electron chi connectivity index (χ3n) is 6.31. The number of nitrogens with one attached hydrogen (secondary N) is 1. The van der Waals surface area contributed by atoms with Gasteiger partial charge in [-0.15, -0.1) is 0 Å². The second-order valence-electron chi connectivity index (χ2n) is 8.57. The molecule has 3 aromatic rings. The van der Waals surface area contributed by atoms with Gasteiger partial charge in [0.25, 0.3) is 5.56 Å². The van der Waals surface area contributed by atoms with Crippen molar-refractivity contribution in [3.8, 4) is 11.1 Å². The lowest BCUT2D eigenvalue weighted by Gasteiger charge is -2.38. The zero-order valence-corrected chi connectivity index (χ0v) is 18.6. The maximum absolute atomic E-state index is 13.0. The first-order valence-corrected chi connectivity index (χ1v) is 10.8. The fourth-order valence-electron chi connectivity index (χ4n) is 4.28. The van der Waals surface area contributed by atoms with Gasteiger partial charge in [-0.1, -0.05) is 19.1 Å². The quantitative estimate of drug-likeness (QED) is 0.621. The molecule has 1 aromatic carbocycles. The molecule has 0 unspecified atom stereocenters. The lowest BCUT2D eigenvalue weighted by Crippen LogP contribution is -2.44. The first-order valence-electron chi connectivity index (χ1n) is 10.8. The number of nitrogens with zero attached hydrogens (tertiary/aromatic N) is 3. The number of carbonyl (C=O) groups excluding carboxylic acids is 1. The van der Waals surface area contributed by atoms with E-state index in [1.54, 1.807) is 18.7 Å². The maximum atomic E-state index is 13.0. The number of amides is 1. The molecule has 0 atom stereocenters. The first kappa shape index (κ1) is 22.9. The molecule has 10 heteroatoms. The number of hydrogen-bond acceptors (Lipinski definition) is 4. The molecule has 1 saturated heterocycles. The molecule has 0 spiro atoms. The number of aryl methyl sites for hydroxylation is 1. The molecule has 1 aliphatic rings. The van der Waals surface area contributed by atoms with Crippen molar-refractivity contribution in [2.45, 2.75) is 45.2 Å². The van der Waals surface area contributed by atoms with Crippen LogP contribution in [0.25, 0.3) is 16.8 Å². The molecule has 1 amide bonds. The Morgan fingerprint density at radius 1 is 1.21 bits per heavy atom. The molecular formula is C23H25F3N4O3. The zero-order chi connectivity index (χ0) is 24.0. The molecule has 0 radical (unpaired) electrons. The molecule has 1 fully saturated rings. The SMILES string of the molecule is CCOC(=O)N1CCC(C)(c2cc(=O)n3[nH]c(C)c(-c4ccc(C(F)(F)F)cc4)c3n2)CC1. The molecule has 3 heterocycles. The highest BCUT2D eigenvalue weighted by Crippen LogP contribution is 2.36. The third kappa shape index (κ3) is 4.21. The van der Waals surface area contributed by atoms with E-state index in [-0.39, 0.29) is 11.7 Å². The number of H-pyrrole nitrogens is 1. The Hall–Kier alpha value is -3.30. The van der Waals surface area contributed by atoms with Crippen LogP contribution in [0.2, 0.25) is 0 Å². The Balaban J connectivity index is 1.72. The van der Waals surface area contributed by atoms with Gasteiger partial charge >= 0.3 is 12.3 Å². The van der Waals surface area contributed by atoms with E-state index in [0.29, 0.717) is 60.7 Å². The highest BCUT2D eigenvalue weighted by atomic mass is 19.4. The van der Waals surface area contributed by atoms with Crippen LogP contribution in [-0.4, -0.2) is 45.3 Å². The molecule has 0 saturated carbocycles. The van der Waals surface area contributed by atoms with Crippen LogP contribution in [0.1, 0.15) is 43.6 Å². The minimum absolute atomic E-state index is 0.301. The van der Waals surface area contributed by atoms with Crippen molar-refractivity contribution in [1.29, 1.82) is 0 Å². The highest BCUT2D eigenvalue weighted by Gasteiger charge is 2.36. The average molecular weight is 462 g/mol. The van der Waals surface area contributed by atoms with Crippen LogP contribution < -0.4 is 5.56 Å². The molecule has 0 bridgehead atoms. The van der Waals surface area contributed by atoms with Crippen LogP contribution in [0.4, 0.5) is 18.0 Å². The standard InChI is InChI=1S/C23H25F3N4O3/c1-4-33-21(32)29-11-9-22(3,10-12-29)17-13-18(31)30-20(27-17)19(14(2)28-30)15-5-7-16(8-6-15)23(24,25)26/h5-8,13,28H,4,9-12H2,1-3H3. The number of carbonyl (C=O) groups is 1. The number of aromatic amines is 1. The maximum Gasteiger partial charge on any atom is 0.416 e. The van der Waals surface area contributed by atoms with Gasteiger partial charge in [0.15, 0.2) is 5.65 Å². The van der Waals surface area contributed by atoms with Crippen LogP contribution in [-0.2, 0) is 16.3 Å². The number of rotatable bonds is 3. The summed E-state index contributed by atoms with van der Waals surface area (Å²) in [5, 5.41) is 2.97. The lowest BCUT2D eigenvalue weighted by molar-refractivity contribution is -0.137. The molecule has 33 heavy (non-hydrogen) atoms. The largest absolute Gasteiger partial charge is 0.450 e. The Kier molecular flexibility index (Phi) is 5.71. The predicted molar refractivity (Wildman–Crippen MR) is 116 cm³/mol. The van der Waals surface area contributed by atoms with E-state index in [4.69, 9.17) is 9.72 Å². The van der Waals surface area contributed by atoms with Gasteiger partial charge in [-0.05, 0) is 44.4 Å². The number of likely N-dealkylation sites (tertiary alicyclic amines) is 1. The smallest absolute Gasteiger partial charge is 0.416 e. The van der Waals surface area contributed by atoms with Crippen molar-refractivity contribution >= 4 is 11.7 Å². The number of benzene rings is 1. The van der Waals surface area contributed by atoms with Crippen molar-refractivity contribution < 1.29 is 22.7 Å². The molecule has 4 rings (SSSR count). The summed E-state index contributed by atoms with van der Waals surface area (Å²) in [6, 6.07) is 6.30. The van der Waals surface area contributed by atoms with Crippen LogP contribution in [0.15, 0.2) is 35.1 Å². The number of piperidine rings is 1. The second kappa shape index (κ2) is 8.24. The molecule has 1 N–H and O–H groups in total. The van der Waals surface area contributed by atoms with E-state index in [1.165, 1.54) is 22.7 Å². The molecule has 1 aliphatic heterocycles. The minimum atomic E-state index is -4.43. The number of alkyl halides is 3. The topological polar surface area (TPSA) is 79.7 Å². The minimum Gasteiger partial charge on any atom is -0.450 e. The van der Waals surface area contributed by atoms with Gasteiger partial charge in [-0.3, -0.25) is 9.89 Å². The summed E-state index contributed by atoms with van der Waals surface area (Å²) in [6.45, 7) is 6.78. The number of aromatic nitrogens is 3. The molecule has 0 aliphatic carbocycles. The Morgan fingerprint density at radius 2 is 1.85 bits per heavy atom. The molecule has 176 valence electrons. The third-order valence-corrected chi connectivity index (χ3v) is 6.31. The normalized spacial score (nSPS) is 16.2. The summed E-state index contributed by atoms with van der Waals surface area (Å²) in [6.07, 6.45) is -3.57. The van der Waals surface area contributed by atoms with Crippen molar-refractivity contribution in [3.05, 3.63) is 57.6 Å². The van der Waals surface area contributed by atoms with E-state index >= 15 is 0 Å². The van der Waals surface area contributed by atoms with Gasteiger partial charge in [0.05, 0.1) is 17.9 Å². The van der Waals surface area contributed by atoms with Gasteiger partial charge in [0.1, 0.15) is 0 Å². The Bertz CT molecular complexity index is 1240. The van der Waals surface area contributed by atoms with E-state index in [2.05, 4.69) is 5.10 Å². The summed E-state index contributed by atoms with van der Waals surface area (Å²) in [4.78, 5) is 31.3. The molecule has 2 aromatic heterocycles. The van der Waals surface area contributed by atoms with Gasteiger partial charge in [0.2, 0.25) is 0 Å². The van der Waals surface area contributed by atoms with Gasteiger partial charge in [-0.2, -0.15) is 13.2 Å². The Morgan fingerprint density at radius 3 is 2.42 bits per heavy atom. The predicted octanol–water partition coefficient (Wildman–Crippen LogP) is 4.53.